The van der Waals surface area contributed by atoms with Crippen LogP contribution in [-0.4, -0.2) is 28.6 Å². The average molecular weight is 278 g/mol. The van der Waals surface area contributed by atoms with E-state index >= 15 is 0 Å². The minimum Gasteiger partial charge on any atom is -0.323 e. The van der Waals surface area contributed by atoms with E-state index in [1.807, 2.05) is 0 Å². The Balaban J connectivity index is 1.76. The number of amides is 1. The van der Waals surface area contributed by atoms with Gasteiger partial charge in [0.05, 0.1) is 11.7 Å². The zero-order chi connectivity index (χ0) is 14.4. The summed E-state index contributed by atoms with van der Waals surface area (Å²) in [7, 11) is 0. The van der Waals surface area contributed by atoms with E-state index in [1.54, 1.807) is 0 Å². The molecule has 1 N–H and O–H groups in total. The Labute approximate surface area is 123 Å². The molecule has 3 nitrogen and oxygen atoms in total. The van der Waals surface area contributed by atoms with Crippen LogP contribution in [0, 0.1) is 5.41 Å². The molecule has 3 heteroatoms. The standard InChI is InChI=1S/C17H30N2O/c1-4-14-18-17(9-5-6-10-17)15(20)19(14)13-7-11-16(2,3)12-8-13/h13-14,18H,4-12H2,1-3H3. The van der Waals surface area contributed by atoms with E-state index in [4.69, 9.17) is 0 Å². The van der Waals surface area contributed by atoms with Crippen molar-refractivity contribution in [1.82, 2.24) is 10.2 Å². The molecule has 0 aromatic carbocycles. The first-order valence-corrected chi connectivity index (χ1v) is 8.58. The van der Waals surface area contributed by atoms with Crippen molar-refractivity contribution in [2.45, 2.75) is 96.3 Å². The van der Waals surface area contributed by atoms with Crippen LogP contribution in [0.4, 0.5) is 0 Å². The third kappa shape index (κ3) is 2.28. The van der Waals surface area contributed by atoms with Gasteiger partial charge in [0, 0.05) is 6.04 Å². The lowest BCUT2D eigenvalue weighted by Crippen LogP contribution is -2.47. The maximum atomic E-state index is 13.0. The first kappa shape index (κ1) is 14.4. The van der Waals surface area contributed by atoms with Gasteiger partial charge in [0.2, 0.25) is 5.91 Å². The van der Waals surface area contributed by atoms with Gasteiger partial charge in [0.25, 0.3) is 0 Å². The summed E-state index contributed by atoms with van der Waals surface area (Å²) in [6.07, 6.45) is 10.7. The molecule has 1 spiro atoms. The Morgan fingerprint density at radius 2 is 1.75 bits per heavy atom. The second-order valence-corrected chi connectivity index (χ2v) is 7.97. The van der Waals surface area contributed by atoms with Gasteiger partial charge in [-0.1, -0.05) is 33.6 Å². The first-order valence-electron chi connectivity index (χ1n) is 8.58. The van der Waals surface area contributed by atoms with Crippen LogP contribution in [-0.2, 0) is 4.79 Å². The molecule has 3 rings (SSSR count). The molecule has 0 bridgehead atoms. The summed E-state index contributed by atoms with van der Waals surface area (Å²) in [4.78, 5) is 15.3. The summed E-state index contributed by atoms with van der Waals surface area (Å²) in [6, 6.07) is 0.480. The molecule has 1 atom stereocenters. The van der Waals surface area contributed by atoms with Gasteiger partial charge in [-0.3, -0.25) is 10.1 Å². The largest absolute Gasteiger partial charge is 0.323 e. The lowest BCUT2D eigenvalue weighted by molar-refractivity contribution is -0.136. The van der Waals surface area contributed by atoms with Crippen molar-refractivity contribution in [2.75, 3.05) is 0 Å². The normalized spacial score (nSPS) is 33.2. The maximum Gasteiger partial charge on any atom is 0.244 e. The zero-order valence-corrected chi connectivity index (χ0v) is 13.4. The van der Waals surface area contributed by atoms with Crippen LogP contribution in [0.1, 0.15) is 78.6 Å². The molecule has 1 saturated heterocycles. The third-order valence-corrected chi connectivity index (χ3v) is 5.97. The molecule has 0 radical (unpaired) electrons. The zero-order valence-electron chi connectivity index (χ0n) is 13.4. The predicted molar refractivity (Wildman–Crippen MR) is 81.3 cm³/mol. The highest BCUT2D eigenvalue weighted by Crippen LogP contribution is 2.42. The highest BCUT2D eigenvalue weighted by molar-refractivity contribution is 5.89. The van der Waals surface area contributed by atoms with Gasteiger partial charge in [-0.25, -0.2) is 0 Å². The van der Waals surface area contributed by atoms with Crippen molar-refractivity contribution >= 4 is 5.91 Å². The quantitative estimate of drug-likeness (QED) is 0.839. The lowest BCUT2D eigenvalue weighted by Gasteiger charge is -2.40. The molecule has 1 heterocycles. The van der Waals surface area contributed by atoms with E-state index in [1.165, 1.54) is 38.5 Å². The number of rotatable bonds is 2. The van der Waals surface area contributed by atoms with E-state index < -0.39 is 0 Å². The maximum absolute atomic E-state index is 13.0. The number of carbonyl (C=O) groups is 1. The number of hydrogen-bond donors (Lipinski definition) is 1. The number of hydrogen-bond acceptors (Lipinski definition) is 2. The minimum absolute atomic E-state index is 0.187. The topological polar surface area (TPSA) is 32.3 Å². The molecule has 1 aliphatic heterocycles. The van der Waals surface area contributed by atoms with Gasteiger partial charge in [-0.05, 0) is 50.4 Å². The van der Waals surface area contributed by atoms with Crippen molar-refractivity contribution in [3.8, 4) is 0 Å². The van der Waals surface area contributed by atoms with Crippen LogP contribution in [0.5, 0.6) is 0 Å². The van der Waals surface area contributed by atoms with E-state index in [0.717, 1.165) is 19.3 Å². The van der Waals surface area contributed by atoms with Crippen molar-refractivity contribution in [3.63, 3.8) is 0 Å². The van der Waals surface area contributed by atoms with Crippen LogP contribution in [0.3, 0.4) is 0 Å². The van der Waals surface area contributed by atoms with Crippen LogP contribution < -0.4 is 5.32 Å². The number of nitrogens with one attached hydrogen (secondary N) is 1. The van der Waals surface area contributed by atoms with E-state index in [9.17, 15) is 4.79 Å². The van der Waals surface area contributed by atoms with Crippen molar-refractivity contribution in [1.29, 1.82) is 0 Å². The average Bonchev–Trinajstić information content (AvgIpc) is 2.98. The van der Waals surface area contributed by atoms with E-state index in [2.05, 4.69) is 31.0 Å². The van der Waals surface area contributed by atoms with Gasteiger partial charge in [0.15, 0.2) is 0 Å². The fourth-order valence-electron chi connectivity index (χ4n) is 4.56. The monoisotopic (exact) mass is 278 g/mol. The molecule has 2 saturated carbocycles. The summed E-state index contributed by atoms with van der Waals surface area (Å²) in [5, 5.41) is 3.71. The molecule has 1 unspecified atom stereocenters. The summed E-state index contributed by atoms with van der Waals surface area (Å²) in [5.74, 6) is 0.423. The second-order valence-electron chi connectivity index (χ2n) is 7.97. The smallest absolute Gasteiger partial charge is 0.244 e. The molecular weight excluding hydrogens is 248 g/mol. The molecule has 20 heavy (non-hydrogen) atoms. The van der Waals surface area contributed by atoms with Crippen molar-refractivity contribution < 1.29 is 4.79 Å². The molecule has 0 aromatic rings. The molecular formula is C17H30N2O. The molecule has 3 fully saturated rings. The summed E-state index contributed by atoms with van der Waals surface area (Å²) in [5.41, 5.74) is 0.285. The van der Waals surface area contributed by atoms with Gasteiger partial charge in [-0.2, -0.15) is 0 Å². The molecule has 114 valence electrons. The van der Waals surface area contributed by atoms with Crippen LogP contribution in [0.25, 0.3) is 0 Å². The Bertz CT molecular complexity index is 374. The van der Waals surface area contributed by atoms with E-state index in [0.29, 0.717) is 17.4 Å². The highest BCUT2D eigenvalue weighted by Gasteiger charge is 2.53. The SMILES string of the molecule is CCC1NC2(CCCC2)C(=O)N1C1CCC(C)(C)CC1. The van der Waals surface area contributed by atoms with Crippen LogP contribution in [0.15, 0.2) is 0 Å². The fraction of sp³-hybridized carbons (Fsp3) is 0.941. The Kier molecular flexibility index (Phi) is 3.60. The summed E-state index contributed by atoms with van der Waals surface area (Å²) >= 11 is 0. The van der Waals surface area contributed by atoms with Gasteiger partial charge in [0.1, 0.15) is 0 Å². The predicted octanol–water partition coefficient (Wildman–Crippen LogP) is 3.44. The van der Waals surface area contributed by atoms with Gasteiger partial charge in [-0.15, -0.1) is 0 Å². The Morgan fingerprint density at radius 1 is 1.15 bits per heavy atom. The fourth-order valence-corrected chi connectivity index (χ4v) is 4.56. The first-order chi connectivity index (χ1) is 9.47. The van der Waals surface area contributed by atoms with Gasteiger partial charge >= 0.3 is 0 Å². The van der Waals surface area contributed by atoms with Gasteiger partial charge < -0.3 is 4.90 Å². The lowest BCUT2D eigenvalue weighted by atomic mass is 9.75. The molecule has 2 aliphatic carbocycles. The second kappa shape index (κ2) is 5.01. The van der Waals surface area contributed by atoms with Crippen LogP contribution >= 0.6 is 0 Å². The van der Waals surface area contributed by atoms with E-state index in [-0.39, 0.29) is 11.7 Å². The minimum atomic E-state index is -0.187. The van der Waals surface area contributed by atoms with Crippen LogP contribution in [0.2, 0.25) is 0 Å². The Hall–Kier alpha value is -0.570. The van der Waals surface area contributed by atoms with Crippen molar-refractivity contribution in [2.24, 2.45) is 5.41 Å². The van der Waals surface area contributed by atoms with Crippen molar-refractivity contribution in [3.05, 3.63) is 0 Å². The molecule has 0 aromatic heterocycles. The Morgan fingerprint density at radius 3 is 2.30 bits per heavy atom. The number of carbonyl (C=O) groups excluding carboxylic acids is 1. The number of nitrogens with zero attached hydrogens (tertiary/aromatic N) is 1. The summed E-state index contributed by atoms with van der Waals surface area (Å²) in [6.45, 7) is 6.94. The molecule has 1 amide bonds. The third-order valence-electron chi connectivity index (χ3n) is 5.97. The molecule has 3 aliphatic rings. The summed E-state index contributed by atoms with van der Waals surface area (Å²) < 4.78 is 0. The highest BCUT2D eigenvalue weighted by atomic mass is 16.2.